The smallest absolute Gasteiger partial charge is 0.243 e. The number of hydrogen-bond acceptors (Lipinski definition) is 4. The molecule has 0 spiro atoms. The molecule has 0 aromatic heterocycles. The van der Waals surface area contributed by atoms with Gasteiger partial charge in [0, 0.05) is 26.2 Å². The van der Waals surface area contributed by atoms with Crippen molar-refractivity contribution < 1.29 is 13.2 Å². The minimum atomic E-state index is -3.48. The Morgan fingerprint density at radius 1 is 0.885 bits per heavy atom. The topological polar surface area (TPSA) is 49.9 Å². The molecule has 2 aromatic rings. The van der Waals surface area contributed by atoms with Crippen molar-refractivity contribution in [2.24, 2.45) is 0 Å². The fourth-order valence-electron chi connectivity index (χ4n) is 3.41. The zero-order valence-corrected chi connectivity index (χ0v) is 16.6. The molecule has 0 amide bonds. The minimum absolute atomic E-state index is 0.423. The lowest BCUT2D eigenvalue weighted by molar-refractivity contribution is 0.378. The van der Waals surface area contributed by atoms with E-state index in [0.717, 1.165) is 28.1 Å². The number of sulfonamides is 1. The monoisotopic (exact) mass is 374 g/mol. The molecular formula is C20H26N2O3S. The number of piperazine rings is 1. The van der Waals surface area contributed by atoms with E-state index in [2.05, 4.69) is 4.90 Å². The average molecular weight is 375 g/mol. The van der Waals surface area contributed by atoms with Crippen LogP contribution in [0.15, 0.2) is 41.3 Å². The van der Waals surface area contributed by atoms with Crippen LogP contribution in [0.3, 0.4) is 0 Å². The summed E-state index contributed by atoms with van der Waals surface area (Å²) in [6, 6.07) is 11.6. The van der Waals surface area contributed by atoms with E-state index < -0.39 is 10.0 Å². The Balaban J connectivity index is 1.80. The highest BCUT2D eigenvalue weighted by Gasteiger charge is 2.30. The van der Waals surface area contributed by atoms with Crippen LogP contribution in [0.25, 0.3) is 0 Å². The maximum absolute atomic E-state index is 13.1. The maximum Gasteiger partial charge on any atom is 0.243 e. The van der Waals surface area contributed by atoms with E-state index >= 15 is 0 Å². The van der Waals surface area contributed by atoms with E-state index in [1.807, 2.05) is 51.1 Å². The van der Waals surface area contributed by atoms with Crippen LogP contribution in [0.5, 0.6) is 5.75 Å². The molecule has 26 heavy (non-hydrogen) atoms. The van der Waals surface area contributed by atoms with Gasteiger partial charge in [0.1, 0.15) is 5.75 Å². The van der Waals surface area contributed by atoms with Crippen molar-refractivity contribution in [1.82, 2.24) is 4.31 Å². The minimum Gasteiger partial charge on any atom is -0.495 e. The van der Waals surface area contributed by atoms with Gasteiger partial charge in [0.15, 0.2) is 0 Å². The van der Waals surface area contributed by atoms with E-state index in [9.17, 15) is 8.42 Å². The molecule has 140 valence electrons. The van der Waals surface area contributed by atoms with Gasteiger partial charge in [-0.2, -0.15) is 4.31 Å². The molecule has 1 saturated heterocycles. The first kappa shape index (κ1) is 18.7. The Morgan fingerprint density at radius 3 is 2.15 bits per heavy atom. The van der Waals surface area contributed by atoms with Crippen LogP contribution in [-0.4, -0.2) is 46.0 Å². The number of hydrogen-bond donors (Lipinski definition) is 0. The number of aryl methyl sites for hydroxylation is 3. The lowest BCUT2D eigenvalue weighted by Crippen LogP contribution is -2.48. The lowest BCUT2D eigenvalue weighted by atomic mass is 10.1. The van der Waals surface area contributed by atoms with Crippen molar-refractivity contribution in [2.45, 2.75) is 25.7 Å². The molecule has 3 rings (SSSR count). The number of nitrogens with zero attached hydrogens (tertiary/aromatic N) is 2. The van der Waals surface area contributed by atoms with Crippen molar-refractivity contribution in [2.75, 3.05) is 38.2 Å². The van der Waals surface area contributed by atoms with Crippen molar-refractivity contribution in [1.29, 1.82) is 0 Å². The van der Waals surface area contributed by atoms with E-state index in [1.165, 1.54) is 0 Å². The number of ether oxygens (including phenoxy) is 1. The number of anilines is 1. The largest absolute Gasteiger partial charge is 0.495 e. The summed E-state index contributed by atoms with van der Waals surface area (Å²) < 4.78 is 33.3. The molecule has 1 aliphatic heterocycles. The molecule has 0 bridgehead atoms. The molecule has 2 aromatic carbocycles. The molecule has 5 nitrogen and oxygen atoms in total. The molecule has 1 heterocycles. The van der Waals surface area contributed by atoms with Crippen molar-refractivity contribution in [3.8, 4) is 5.75 Å². The van der Waals surface area contributed by atoms with Crippen molar-refractivity contribution in [3.63, 3.8) is 0 Å². The van der Waals surface area contributed by atoms with E-state index in [4.69, 9.17) is 4.74 Å². The predicted molar refractivity (Wildman–Crippen MR) is 105 cm³/mol. The SMILES string of the molecule is COc1ccccc1N1CCN(S(=O)(=O)c2cc(C)c(C)cc2C)CC1. The summed E-state index contributed by atoms with van der Waals surface area (Å²) in [4.78, 5) is 2.60. The summed E-state index contributed by atoms with van der Waals surface area (Å²) in [5, 5.41) is 0. The van der Waals surface area contributed by atoms with Gasteiger partial charge in [-0.25, -0.2) is 8.42 Å². The number of rotatable bonds is 4. The standard InChI is InChI=1S/C20H26N2O3S/c1-15-13-17(3)20(14-16(15)2)26(23,24)22-11-9-21(10-12-22)18-7-5-6-8-19(18)25-4/h5-8,13-14H,9-12H2,1-4H3. The Bertz CT molecular complexity index is 901. The quantitative estimate of drug-likeness (QED) is 0.825. The highest BCUT2D eigenvalue weighted by Crippen LogP contribution is 2.30. The van der Waals surface area contributed by atoms with E-state index in [-0.39, 0.29) is 0 Å². The first-order valence-corrected chi connectivity index (χ1v) is 10.2. The second kappa shape index (κ2) is 7.29. The molecule has 0 atom stereocenters. The highest BCUT2D eigenvalue weighted by atomic mass is 32.2. The van der Waals surface area contributed by atoms with Gasteiger partial charge in [-0.3, -0.25) is 0 Å². The zero-order chi connectivity index (χ0) is 18.9. The van der Waals surface area contributed by atoms with Gasteiger partial charge in [-0.15, -0.1) is 0 Å². The summed E-state index contributed by atoms with van der Waals surface area (Å²) in [7, 11) is -1.82. The Labute approximate surface area is 156 Å². The molecule has 1 fully saturated rings. The van der Waals surface area contributed by atoms with Crippen LogP contribution >= 0.6 is 0 Å². The first-order chi connectivity index (χ1) is 12.3. The summed E-state index contributed by atoms with van der Waals surface area (Å²) in [5.41, 5.74) is 3.93. The highest BCUT2D eigenvalue weighted by molar-refractivity contribution is 7.89. The Morgan fingerprint density at radius 2 is 1.50 bits per heavy atom. The summed E-state index contributed by atoms with van der Waals surface area (Å²) in [5.74, 6) is 0.814. The molecule has 0 aliphatic carbocycles. The van der Waals surface area contributed by atoms with Crippen molar-refractivity contribution in [3.05, 3.63) is 53.1 Å². The first-order valence-electron chi connectivity index (χ1n) is 8.80. The van der Waals surface area contributed by atoms with Crippen LogP contribution < -0.4 is 9.64 Å². The lowest BCUT2D eigenvalue weighted by Gasteiger charge is -2.36. The summed E-state index contributed by atoms with van der Waals surface area (Å²) in [6.45, 7) is 8.04. The van der Waals surface area contributed by atoms with Gasteiger partial charge in [0.25, 0.3) is 0 Å². The van der Waals surface area contributed by atoms with Gasteiger partial charge < -0.3 is 9.64 Å². The van der Waals surface area contributed by atoms with Crippen LogP contribution in [-0.2, 0) is 10.0 Å². The molecule has 1 aliphatic rings. The maximum atomic E-state index is 13.1. The second-order valence-corrected chi connectivity index (χ2v) is 8.67. The second-order valence-electron chi connectivity index (χ2n) is 6.76. The predicted octanol–water partition coefficient (Wildman–Crippen LogP) is 3.13. The molecule has 0 unspecified atom stereocenters. The van der Waals surface area contributed by atoms with Gasteiger partial charge in [-0.05, 0) is 55.7 Å². The zero-order valence-electron chi connectivity index (χ0n) is 15.8. The van der Waals surface area contributed by atoms with E-state index in [0.29, 0.717) is 31.1 Å². The fraction of sp³-hybridized carbons (Fsp3) is 0.400. The fourth-order valence-corrected chi connectivity index (χ4v) is 5.13. The van der Waals surface area contributed by atoms with Crippen LogP contribution in [0.1, 0.15) is 16.7 Å². The molecule has 6 heteroatoms. The normalized spacial score (nSPS) is 15.9. The average Bonchev–Trinajstić information content (AvgIpc) is 2.64. The summed E-state index contributed by atoms with van der Waals surface area (Å²) in [6.07, 6.45) is 0. The molecule has 0 radical (unpaired) electrons. The third-order valence-electron chi connectivity index (χ3n) is 5.07. The molecular weight excluding hydrogens is 348 g/mol. The Kier molecular flexibility index (Phi) is 5.25. The van der Waals surface area contributed by atoms with Gasteiger partial charge in [0.2, 0.25) is 10.0 Å². The van der Waals surface area contributed by atoms with Gasteiger partial charge in [-0.1, -0.05) is 18.2 Å². The van der Waals surface area contributed by atoms with Gasteiger partial charge in [0.05, 0.1) is 17.7 Å². The van der Waals surface area contributed by atoms with Crippen LogP contribution in [0.2, 0.25) is 0 Å². The molecule has 0 N–H and O–H groups in total. The van der Waals surface area contributed by atoms with Crippen LogP contribution in [0, 0.1) is 20.8 Å². The third-order valence-corrected chi connectivity index (χ3v) is 7.11. The van der Waals surface area contributed by atoms with Gasteiger partial charge >= 0.3 is 0 Å². The molecule has 0 saturated carbocycles. The third kappa shape index (κ3) is 3.44. The van der Waals surface area contributed by atoms with Crippen molar-refractivity contribution >= 4 is 15.7 Å². The summed E-state index contributed by atoms with van der Waals surface area (Å²) >= 11 is 0. The number of benzene rings is 2. The Hall–Kier alpha value is -2.05. The number of methoxy groups -OCH3 is 1. The van der Waals surface area contributed by atoms with Crippen LogP contribution in [0.4, 0.5) is 5.69 Å². The number of para-hydroxylation sites is 2. The van der Waals surface area contributed by atoms with E-state index in [1.54, 1.807) is 17.5 Å².